The van der Waals surface area contributed by atoms with Crippen molar-refractivity contribution in [2.24, 2.45) is 0 Å². The monoisotopic (exact) mass is 388 g/mol. The lowest BCUT2D eigenvalue weighted by Crippen LogP contribution is -2.39. The summed E-state index contributed by atoms with van der Waals surface area (Å²) >= 11 is 0. The van der Waals surface area contributed by atoms with Gasteiger partial charge in [-0.2, -0.15) is 5.10 Å². The molecule has 1 fully saturated rings. The van der Waals surface area contributed by atoms with Gasteiger partial charge in [-0.3, -0.25) is 10.00 Å². The minimum atomic E-state index is -2.21. The molecular formula is C17H17F5N4O. The SMILES string of the molecule is O=C(Nc1ccn(Cc2c(F)c(F)c(F)c(F)c2F)n1)NC1CCCCC1. The fourth-order valence-electron chi connectivity index (χ4n) is 3.05. The molecule has 2 N–H and O–H groups in total. The summed E-state index contributed by atoms with van der Waals surface area (Å²) in [5.41, 5.74) is -1.01. The maximum Gasteiger partial charge on any atom is 0.320 e. The zero-order valence-corrected chi connectivity index (χ0v) is 14.2. The average Bonchev–Trinajstić information content (AvgIpc) is 3.09. The van der Waals surface area contributed by atoms with Gasteiger partial charge in [0.15, 0.2) is 29.1 Å². The minimum Gasteiger partial charge on any atom is -0.335 e. The summed E-state index contributed by atoms with van der Waals surface area (Å²) in [6, 6.07) is 0.963. The van der Waals surface area contributed by atoms with Gasteiger partial charge in [-0.1, -0.05) is 19.3 Å². The molecule has 1 aromatic carbocycles. The van der Waals surface area contributed by atoms with E-state index in [9.17, 15) is 26.7 Å². The highest BCUT2D eigenvalue weighted by Crippen LogP contribution is 2.24. The van der Waals surface area contributed by atoms with E-state index in [-0.39, 0.29) is 11.9 Å². The van der Waals surface area contributed by atoms with Crippen molar-refractivity contribution in [1.29, 1.82) is 0 Å². The highest BCUT2D eigenvalue weighted by molar-refractivity contribution is 5.88. The number of hydrogen-bond acceptors (Lipinski definition) is 2. The fraction of sp³-hybridized carbons (Fsp3) is 0.412. The van der Waals surface area contributed by atoms with Crippen LogP contribution in [0.2, 0.25) is 0 Å². The molecule has 27 heavy (non-hydrogen) atoms. The average molecular weight is 388 g/mol. The van der Waals surface area contributed by atoms with Crippen LogP contribution in [0.1, 0.15) is 37.7 Å². The Labute approximate surface area is 151 Å². The smallest absolute Gasteiger partial charge is 0.320 e. The molecule has 2 aromatic rings. The first-order valence-corrected chi connectivity index (χ1v) is 8.48. The van der Waals surface area contributed by atoms with Crippen LogP contribution in [0.3, 0.4) is 0 Å². The Balaban J connectivity index is 1.67. The molecule has 146 valence electrons. The minimum absolute atomic E-state index is 0.0780. The molecule has 5 nitrogen and oxygen atoms in total. The number of urea groups is 1. The lowest BCUT2D eigenvalue weighted by Gasteiger charge is -2.22. The Bertz CT molecular complexity index is 819. The number of nitrogens with zero attached hydrogens (tertiary/aromatic N) is 2. The van der Waals surface area contributed by atoms with Crippen molar-refractivity contribution in [2.45, 2.75) is 44.7 Å². The van der Waals surface area contributed by atoms with Gasteiger partial charge < -0.3 is 5.32 Å². The third kappa shape index (κ3) is 4.20. The summed E-state index contributed by atoms with van der Waals surface area (Å²) in [7, 11) is 0. The standard InChI is InChI=1S/C17H17F5N4O/c18-12-10(13(19)15(21)16(22)14(12)20)8-26-7-6-11(25-26)24-17(27)23-9-4-2-1-3-5-9/h6-7,9H,1-5,8H2,(H2,23,24,25,27). The Morgan fingerprint density at radius 2 is 1.59 bits per heavy atom. The van der Waals surface area contributed by atoms with Crippen molar-refractivity contribution in [3.8, 4) is 0 Å². The van der Waals surface area contributed by atoms with Crippen LogP contribution in [0.4, 0.5) is 32.6 Å². The van der Waals surface area contributed by atoms with E-state index in [1.54, 1.807) is 0 Å². The molecule has 10 heteroatoms. The zero-order chi connectivity index (χ0) is 19.6. The van der Waals surface area contributed by atoms with Crippen LogP contribution < -0.4 is 10.6 Å². The highest BCUT2D eigenvalue weighted by atomic mass is 19.2. The van der Waals surface area contributed by atoms with E-state index in [1.165, 1.54) is 12.3 Å². The van der Waals surface area contributed by atoms with E-state index in [4.69, 9.17) is 0 Å². The van der Waals surface area contributed by atoms with Crippen LogP contribution in [-0.2, 0) is 6.54 Å². The molecule has 0 bridgehead atoms. The van der Waals surface area contributed by atoms with Crippen molar-refractivity contribution in [1.82, 2.24) is 15.1 Å². The largest absolute Gasteiger partial charge is 0.335 e. The molecule has 0 spiro atoms. The van der Waals surface area contributed by atoms with Gasteiger partial charge in [0.2, 0.25) is 5.82 Å². The molecule has 0 unspecified atom stereocenters. The summed E-state index contributed by atoms with van der Waals surface area (Å²) < 4.78 is 68.0. The third-order valence-electron chi connectivity index (χ3n) is 4.44. The number of anilines is 1. The van der Waals surface area contributed by atoms with Crippen molar-refractivity contribution in [3.63, 3.8) is 0 Å². The molecule has 0 atom stereocenters. The van der Waals surface area contributed by atoms with E-state index in [0.29, 0.717) is 0 Å². The molecule has 1 aliphatic carbocycles. The second-order valence-electron chi connectivity index (χ2n) is 6.38. The van der Waals surface area contributed by atoms with E-state index < -0.39 is 47.2 Å². The van der Waals surface area contributed by atoms with E-state index in [1.807, 2.05) is 0 Å². The lowest BCUT2D eigenvalue weighted by molar-refractivity contribution is 0.244. The number of aromatic nitrogens is 2. The van der Waals surface area contributed by atoms with Crippen molar-refractivity contribution in [3.05, 3.63) is 46.9 Å². The number of carbonyl (C=O) groups is 1. The summed E-state index contributed by atoms with van der Waals surface area (Å²) in [5, 5.41) is 9.16. The molecule has 1 saturated carbocycles. The Morgan fingerprint density at radius 3 is 2.22 bits per heavy atom. The van der Waals surface area contributed by atoms with Crippen LogP contribution in [-0.4, -0.2) is 21.9 Å². The highest BCUT2D eigenvalue weighted by Gasteiger charge is 2.26. The second kappa shape index (κ2) is 7.93. The first-order chi connectivity index (χ1) is 12.9. The topological polar surface area (TPSA) is 59.0 Å². The van der Waals surface area contributed by atoms with Gasteiger partial charge in [0.1, 0.15) is 0 Å². The van der Waals surface area contributed by atoms with Gasteiger partial charge in [-0.15, -0.1) is 0 Å². The van der Waals surface area contributed by atoms with Crippen molar-refractivity contribution in [2.75, 3.05) is 5.32 Å². The summed E-state index contributed by atoms with van der Waals surface area (Å²) in [6.07, 6.45) is 6.27. The van der Waals surface area contributed by atoms with Crippen molar-refractivity contribution >= 4 is 11.8 Å². The van der Waals surface area contributed by atoms with E-state index in [2.05, 4.69) is 15.7 Å². The first kappa shape index (κ1) is 19.1. The van der Waals surface area contributed by atoms with E-state index in [0.717, 1.165) is 36.8 Å². The van der Waals surface area contributed by atoms with Crippen LogP contribution >= 0.6 is 0 Å². The fourth-order valence-corrected chi connectivity index (χ4v) is 3.05. The number of amides is 2. The summed E-state index contributed by atoms with van der Waals surface area (Å²) in [6.45, 7) is -0.683. The lowest BCUT2D eigenvalue weighted by atomic mass is 9.96. The Kier molecular flexibility index (Phi) is 5.62. The van der Waals surface area contributed by atoms with E-state index >= 15 is 0 Å². The molecule has 1 aliphatic rings. The molecule has 1 aromatic heterocycles. The van der Waals surface area contributed by atoms with Crippen molar-refractivity contribution < 1.29 is 26.7 Å². The molecule has 0 saturated heterocycles. The number of halogens is 5. The van der Waals surface area contributed by atoms with Gasteiger partial charge in [-0.25, -0.2) is 26.7 Å². The third-order valence-corrected chi connectivity index (χ3v) is 4.44. The summed E-state index contributed by atoms with van der Waals surface area (Å²) in [4.78, 5) is 12.0. The second-order valence-corrected chi connectivity index (χ2v) is 6.38. The molecule has 2 amide bonds. The van der Waals surface area contributed by atoms with Gasteiger partial charge in [0.25, 0.3) is 0 Å². The van der Waals surface area contributed by atoms with Gasteiger partial charge in [0, 0.05) is 18.3 Å². The van der Waals surface area contributed by atoms with Crippen LogP contribution in [0.25, 0.3) is 0 Å². The number of hydrogen-bond donors (Lipinski definition) is 2. The van der Waals surface area contributed by atoms with Crippen LogP contribution in [0.15, 0.2) is 12.3 Å². The number of benzene rings is 1. The predicted octanol–water partition coefficient (Wildman–Crippen LogP) is 4.08. The maximum atomic E-state index is 13.7. The van der Waals surface area contributed by atoms with Gasteiger partial charge >= 0.3 is 6.03 Å². The number of rotatable bonds is 4. The van der Waals surface area contributed by atoms with Gasteiger partial charge in [0.05, 0.1) is 12.1 Å². The maximum absolute atomic E-state index is 13.7. The predicted molar refractivity (Wildman–Crippen MR) is 86.6 cm³/mol. The Hall–Kier alpha value is -2.65. The van der Waals surface area contributed by atoms with Crippen LogP contribution in [0, 0.1) is 29.1 Å². The molecule has 3 rings (SSSR count). The molecule has 0 radical (unpaired) electrons. The Morgan fingerprint density at radius 1 is 1.00 bits per heavy atom. The van der Waals surface area contributed by atoms with Gasteiger partial charge in [-0.05, 0) is 12.8 Å². The summed E-state index contributed by atoms with van der Waals surface area (Å²) in [5.74, 6) is -9.97. The zero-order valence-electron chi connectivity index (χ0n) is 14.2. The first-order valence-electron chi connectivity index (χ1n) is 8.48. The molecule has 0 aliphatic heterocycles. The quantitative estimate of drug-likeness (QED) is 0.471. The van der Waals surface area contributed by atoms with Crippen LogP contribution in [0.5, 0.6) is 0 Å². The molecule has 1 heterocycles. The number of carbonyl (C=O) groups excluding carboxylic acids is 1. The molecular weight excluding hydrogens is 371 g/mol. The normalized spacial score (nSPS) is 15.0. The number of nitrogens with one attached hydrogen (secondary N) is 2.